The number of hydrogen-bond donors (Lipinski definition) is 1. The molecule has 0 fully saturated rings. The largest absolute Gasteiger partial charge is 0.455 e. The van der Waals surface area contributed by atoms with E-state index in [4.69, 9.17) is 16.3 Å². The highest BCUT2D eigenvalue weighted by molar-refractivity contribution is 6.30. The van der Waals surface area contributed by atoms with Crippen LogP contribution in [0.5, 0.6) is 5.75 Å². The van der Waals surface area contributed by atoms with Crippen LogP contribution in [0.3, 0.4) is 0 Å². The fourth-order valence-corrected chi connectivity index (χ4v) is 2.77. The van der Waals surface area contributed by atoms with Gasteiger partial charge in [-0.15, -0.1) is 0 Å². The lowest BCUT2D eigenvalue weighted by atomic mass is 9.88. The van der Waals surface area contributed by atoms with Crippen molar-refractivity contribution in [3.63, 3.8) is 0 Å². The molecule has 2 aromatic rings. The molecule has 0 aliphatic heterocycles. The summed E-state index contributed by atoms with van der Waals surface area (Å²) in [6.45, 7) is 0.137. The summed E-state index contributed by atoms with van der Waals surface area (Å²) in [6.07, 6.45) is 0. The lowest BCUT2D eigenvalue weighted by Gasteiger charge is -2.20. The van der Waals surface area contributed by atoms with Crippen molar-refractivity contribution in [3.8, 4) is 5.75 Å². The quantitative estimate of drug-likeness (QED) is 0.630. The molecule has 1 unspecified atom stereocenters. The van der Waals surface area contributed by atoms with Crippen LogP contribution in [0.1, 0.15) is 25.3 Å². The molecule has 28 heavy (non-hydrogen) atoms. The molecule has 1 amide bonds. The van der Waals surface area contributed by atoms with Gasteiger partial charge in [0.1, 0.15) is 5.75 Å². The standard InChI is InChI=1S/C20H20ClF2NO4/c1-12(2)18(13-7-9-14(21)10-8-13)19(26)27-11-17(25)24-15-5-3-4-6-16(15)28-20(22)23/h3-10,12,18,20H,11H2,1-2H3,(H,24,25). The van der Waals surface area contributed by atoms with Gasteiger partial charge in [0.2, 0.25) is 0 Å². The number of halogens is 3. The average molecular weight is 412 g/mol. The maximum atomic E-state index is 12.5. The van der Waals surface area contributed by atoms with Gasteiger partial charge < -0.3 is 14.8 Å². The molecule has 0 aliphatic carbocycles. The zero-order chi connectivity index (χ0) is 20.7. The molecule has 0 heterocycles. The van der Waals surface area contributed by atoms with Gasteiger partial charge in [0.05, 0.1) is 11.6 Å². The van der Waals surface area contributed by atoms with E-state index in [1.54, 1.807) is 30.3 Å². The number of ether oxygens (including phenoxy) is 2. The van der Waals surface area contributed by atoms with E-state index in [1.807, 2.05) is 13.8 Å². The van der Waals surface area contributed by atoms with Crippen molar-refractivity contribution in [1.82, 2.24) is 0 Å². The first kappa shape index (κ1) is 21.6. The van der Waals surface area contributed by atoms with E-state index >= 15 is 0 Å². The van der Waals surface area contributed by atoms with Crippen molar-refractivity contribution in [2.45, 2.75) is 26.4 Å². The first-order valence-corrected chi connectivity index (χ1v) is 8.91. The lowest BCUT2D eigenvalue weighted by molar-refractivity contribution is -0.149. The van der Waals surface area contributed by atoms with Gasteiger partial charge in [-0.2, -0.15) is 8.78 Å². The van der Waals surface area contributed by atoms with Gasteiger partial charge in [0.15, 0.2) is 6.61 Å². The van der Waals surface area contributed by atoms with Crippen molar-refractivity contribution in [3.05, 3.63) is 59.1 Å². The second-order valence-electron chi connectivity index (χ2n) is 6.30. The molecule has 0 saturated carbocycles. The number of carbonyl (C=O) groups is 2. The predicted octanol–water partition coefficient (Wildman–Crippen LogP) is 4.86. The predicted molar refractivity (Wildman–Crippen MR) is 102 cm³/mol. The number of carbonyl (C=O) groups excluding carboxylic acids is 2. The number of benzene rings is 2. The van der Waals surface area contributed by atoms with Crippen LogP contribution in [0, 0.1) is 5.92 Å². The molecular weight excluding hydrogens is 392 g/mol. The van der Waals surface area contributed by atoms with E-state index < -0.39 is 31.0 Å². The number of hydrogen-bond acceptors (Lipinski definition) is 4. The zero-order valence-electron chi connectivity index (χ0n) is 15.3. The van der Waals surface area contributed by atoms with E-state index in [0.717, 1.165) is 5.56 Å². The number of para-hydroxylation sites is 2. The van der Waals surface area contributed by atoms with E-state index in [-0.39, 0.29) is 17.4 Å². The molecule has 2 aromatic carbocycles. The molecule has 1 atom stereocenters. The maximum Gasteiger partial charge on any atom is 0.387 e. The van der Waals surface area contributed by atoms with Gasteiger partial charge in [-0.25, -0.2) is 0 Å². The topological polar surface area (TPSA) is 64.6 Å². The summed E-state index contributed by atoms with van der Waals surface area (Å²) in [5.41, 5.74) is 0.780. The van der Waals surface area contributed by atoms with Crippen LogP contribution in [-0.4, -0.2) is 25.1 Å². The Bertz CT molecular complexity index is 812. The summed E-state index contributed by atoms with van der Waals surface area (Å²) in [5, 5.41) is 2.94. The molecule has 5 nitrogen and oxygen atoms in total. The van der Waals surface area contributed by atoms with Crippen molar-refractivity contribution in [1.29, 1.82) is 0 Å². The summed E-state index contributed by atoms with van der Waals surface area (Å²) in [5.74, 6) is -2.06. The van der Waals surface area contributed by atoms with E-state index in [2.05, 4.69) is 10.1 Å². The molecule has 1 N–H and O–H groups in total. The van der Waals surface area contributed by atoms with E-state index in [1.165, 1.54) is 18.2 Å². The Balaban J connectivity index is 1.99. The van der Waals surface area contributed by atoms with Crippen molar-refractivity contribution in [2.75, 3.05) is 11.9 Å². The highest BCUT2D eigenvalue weighted by atomic mass is 35.5. The van der Waals surface area contributed by atoms with Crippen molar-refractivity contribution in [2.24, 2.45) is 5.92 Å². The Kier molecular flexibility index (Phi) is 7.75. The molecule has 0 spiro atoms. The van der Waals surface area contributed by atoms with Crippen LogP contribution < -0.4 is 10.1 Å². The smallest absolute Gasteiger partial charge is 0.387 e. The minimum Gasteiger partial charge on any atom is -0.455 e. The van der Waals surface area contributed by atoms with Crippen LogP contribution in [-0.2, 0) is 14.3 Å². The first-order chi connectivity index (χ1) is 13.3. The number of esters is 1. The fourth-order valence-electron chi connectivity index (χ4n) is 2.64. The third-order valence-corrected chi connectivity index (χ3v) is 4.12. The molecule has 0 aromatic heterocycles. The van der Waals surface area contributed by atoms with E-state index in [0.29, 0.717) is 5.02 Å². The number of anilines is 1. The molecular formula is C20H20ClF2NO4. The normalized spacial score (nSPS) is 12.0. The fraction of sp³-hybridized carbons (Fsp3) is 0.300. The summed E-state index contributed by atoms with van der Waals surface area (Å²) >= 11 is 5.87. The van der Waals surface area contributed by atoms with E-state index in [9.17, 15) is 18.4 Å². The number of rotatable bonds is 8. The van der Waals surface area contributed by atoms with Gasteiger partial charge in [0.25, 0.3) is 5.91 Å². The Labute approximate surface area is 166 Å². The Hall–Kier alpha value is -2.67. The molecule has 8 heteroatoms. The second-order valence-corrected chi connectivity index (χ2v) is 6.74. The van der Waals surface area contributed by atoms with Gasteiger partial charge in [-0.05, 0) is 35.7 Å². The van der Waals surface area contributed by atoms with Crippen LogP contribution in [0.4, 0.5) is 14.5 Å². The van der Waals surface area contributed by atoms with Crippen LogP contribution in [0.25, 0.3) is 0 Å². The summed E-state index contributed by atoms with van der Waals surface area (Å²) in [6, 6.07) is 12.5. The molecule has 2 rings (SSSR count). The van der Waals surface area contributed by atoms with Gasteiger partial charge >= 0.3 is 12.6 Å². The Morgan fingerprint density at radius 2 is 1.71 bits per heavy atom. The summed E-state index contributed by atoms with van der Waals surface area (Å²) in [7, 11) is 0. The van der Waals surface area contributed by atoms with Crippen molar-refractivity contribution >= 4 is 29.2 Å². The minimum atomic E-state index is -3.03. The van der Waals surface area contributed by atoms with Gasteiger partial charge in [0, 0.05) is 5.02 Å². The molecule has 0 radical (unpaired) electrons. The SMILES string of the molecule is CC(C)C(C(=O)OCC(=O)Nc1ccccc1OC(F)F)c1ccc(Cl)cc1. The molecule has 150 valence electrons. The lowest BCUT2D eigenvalue weighted by Crippen LogP contribution is -2.26. The molecule has 0 aliphatic rings. The van der Waals surface area contributed by atoms with Crippen LogP contribution in [0.2, 0.25) is 5.02 Å². The third kappa shape index (κ3) is 6.20. The monoisotopic (exact) mass is 411 g/mol. The molecule has 0 saturated heterocycles. The van der Waals surface area contributed by atoms with Gasteiger partial charge in [-0.1, -0.05) is 49.7 Å². The summed E-state index contributed by atoms with van der Waals surface area (Å²) < 4.78 is 34.3. The summed E-state index contributed by atoms with van der Waals surface area (Å²) in [4.78, 5) is 24.6. The van der Waals surface area contributed by atoms with Crippen molar-refractivity contribution < 1.29 is 27.8 Å². The second kappa shape index (κ2) is 10.0. The maximum absolute atomic E-state index is 12.5. The highest BCUT2D eigenvalue weighted by Crippen LogP contribution is 2.28. The number of amides is 1. The number of alkyl halides is 2. The number of nitrogens with one attached hydrogen (secondary N) is 1. The zero-order valence-corrected chi connectivity index (χ0v) is 16.1. The Morgan fingerprint density at radius 1 is 1.07 bits per heavy atom. The van der Waals surface area contributed by atoms with Gasteiger partial charge in [-0.3, -0.25) is 9.59 Å². The van der Waals surface area contributed by atoms with Crippen LogP contribution in [0.15, 0.2) is 48.5 Å². The first-order valence-electron chi connectivity index (χ1n) is 8.53. The average Bonchev–Trinajstić information content (AvgIpc) is 2.63. The highest BCUT2D eigenvalue weighted by Gasteiger charge is 2.26. The molecule has 0 bridgehead atoms. The van der Waals surface area contributed by atoms with Crippen LogP contribution >= 0.6 is 11.6 Å². The third-order valence-electron chi connectivity index (χ3n) is 3.87. The Morgan fingerprint density at radius 3 is 2.32 bits per heavy atom. The minimum absolute atomic E-state index is 0.0574.